The maximum Gasteiger partial charge on any atom is 0.222 e. The third-order valence-electron chi connectivity index (χ3n) is 3.38. The SMILES string of the molecule is CCCCCCNC(=O)CC1(O)CCCC1. The molecule has 2 N–H and O–H groups in total. The van der Waals surface area contributed by atoms with E-state index in [-0.39, 0.29) is 5.91 Å². The molecule has 94 valence electrons. The van der Waals surface area contributed by atoms with E-state index < -0.39 is 5.60 Å². The molecule has 1 aliphatic carbocycles. The lowest BCUT2D eigenvalue weighted by molar-refractivity contribution is -0.125. The number of nitrogens with one attached hydrogen (secondary N) is 1. The smallest absolute Gasteiger partial charge is 0.222 e. The van der Waals surface area contributed by atoms with Gasteiger partial charge in [0.25, 0.3) is 0 Å². The molecule has 1 fully saturated rings. The molecule has 0 radical (unpaired) electrons. The van der Waals surface area contributed by atoms with E-state index in [1.54, 1.807) is 0 Å². The quantitative estimate of drug-likeness (QED) is 0.656. The molecule has 0 aromatic heterocycles. The summed E-state index contributed by atoms with van der Waals surface area (Å²) in [7, 11) is 0. The Balaban J connectivity index is 2.06. The van der Waals surface area contributed by atoms with Crippen LogP contribution in [0.2, 0.25) is 0 Å². The molecule has 1 amide bonds. The van der Waals surface area contributed by atoms with Gasteiger partial charge in [0.15, 0.2) is 0 Å². The van der Waals surface area contributed by atoms with Crippen LogP contribution in [0.5, 0.6) is 0 Å². The summed E-state index contributed by atoms with van der Waals surface area (Å²) in [6.45, 7) is 2.93. The molecule has 0 heterocycles. The minimum atomic E-state index is -0.701. The van der Waals surface area contributed by atoms with E-state index >= 15 is 0 Å². The summed E-state index contributed by atoms with van der Waals surface area (Å²) in [5.41, 5.74) is -0.701. The van der Waals surface area contributed by atoms with Gasteiger partial charge in [0.05, 0.1) is 12.0 Å². The Morgan fingerprint density at radius 1 is 1.25 bits per heavy atom. The molecular weight excluding hydrogens is 202 g/mol. The highest BCUT2D eigenvalue weighted by Crippen LogP contribution is 2.32. The molecule has 1 rings (SSSR count). The van der Waals surface area contributed by atoms with Crippen LogP contribution >= 0.6 is 0 Å². The summed E-state index contributed by atoms with van der Waals surface area (Å²) in [5.74, 6) is 0.0147. The molecule has 0 aliphatic heterocycles. The second-order valence-electron chi connectivity index (χ2n) is 5.02. The van der Waals surface area contributed by atoms with Crippen molar-refractivity contribution in [1.82, 2.24) is 5.32 Å². The van der Waals surface area contributed by atoms with Crippen molar-refractivity contribution in [3.8, 4) is 0 Å². The van der Waals surface area contributed by atoms with Crippen LogP contribution in [-0.4, -0.2) is 23.2 Å². The number of rotatable bonds is 7. The van der Waals surface area contributed by atoms with Crippen LogP contribution < -0.4 is 5.32 Å². The highest BCUT2D eigenvalue weighted by molar-refractivity contribution is 5.77. The van der Waals surface area contributed by atoms with Crippen LogP contribution in [0.4, 0.5) is 0 Å². The monoisotopic (exact) mass is 227 g/mol. The van der Waals surface area contributed by atoms with Crippen LogP contribution in [0.1, 0.15) is 64.7 Å². The Morgan fingerprint density at radius 3 is 2.56 bits per heavy atom. The summed E-state index contributed by atoms with van der Waals surface area (Å²) >= 11 is 0. The first kappa shape index (κ1) is 13.5. The maximum atomic E-state index is 11.6. The van der Waals surface area contributed by atoms with Gasteiger partial charge in [-0.2, -0.15) is 0 Å². The molecular formula is C13H25NO2. The summed E-state index contributed by atoms with van der Waals surface area (Å²) in [6.07, 6.45) is 8.67. The molecule has 1 aliphatic rings. The van der Waals surface area contributed by atoms with Gasteiger partial charge in [0.1, 0.15) is 0 Å². The highest BCUT2D eigenvalue weighted by atomic mass is 16.3. The van der Waals surface area contributed by atoms with E-state index in [0.29, 0.717) is 6.42 Å². The third-order valence-corrected chi connectivity index (χ3v) is 3.38. The lowest BCUT2D eigenvalue weighted by Crippen LogP contribution is -2.35. The predicted octanol–water partition coefficient (Wildman–Crippen LogP) is 2.38. The molecule has 0 aromatic carbocycles. The number of hydrogen-bond acceptors (Lipinski definition) is 2. The first-order chi connectivity index (χ1) is 7.66. The number of carbonyl (C=O) groups is 1. The minimum Gasteiger partial charge on any atom is -0.389 e. The van der Waals surface area contributed by atoms with E-state index in [4.69, 9.17) is 0 Å². The van der Waals surface area contributed by atoms with Gasteiger partial charge in [0, 0.05) is 6.54 Å². The second-order valence-corrected chi connectivity index (χ2v) is 5.02. The number of amides is 1. The van der Waals surface area contributed by atoms with Crippen molar-refractivity contribution in [2.45, 2.75) is 70.3 Å². The largest absolute Gasteiger partial charge is 0.389 e. The van der Waals surface area contributed by atoms with Crippen LogP contribution in [0, 0.1) is 0 Å². The van der Waals surface area contributed by atoms with Gasteiger partial charge in [-0.1, -0.05) is 39.0 Å². The van der Waals surface area contributed by atoms with Crippen molar-refractivity contribution >= 4 is 5.91 Å². The van der Waals surface area contributed by atoms with Gasteiger partial charge in [-0.3, -0.25) is 4.79 Å². The molecule has 16 heavy (non-hydrogen) atoms. The van der Waals surface area contributed by atoms with E-state index in [1.165, 1.54) is 19.3 Å². The van der Waals surface area contributed by atoms with Gasteiger partial charge in [-0.05, 0) is 19.3 Å². The fraction of sp³-hybridized carbons (Fsp3) is 0.923. The Bertz CT molecular complexity index is 210. The van der Waals surface area contributed by atoms with Crippen molar-refractivity contribution in [2.24, 2.45) is 0 Å². The normalized spacial score (nSPS) is 18.6. The van der Waals surface area contributed by atoms with Crippen LogP contribution in [0.3, 0.4) is 0 Å². The van der Waals surface area contributed by atoms with Crippen LogP contribution in [-0.2, 0) is 4.79 Å². The van der Waals surface area contributed by atoms with E-state index in [0.717, 1.165) is 38.6 Å². The Morgan fingerprint density at radius 2 is 1.94 bits per heavy atom. The molecule has 0 atom stereocenters. The fourth-order valence-corrected chi connectivity index (χ4v) is 2.35. The van der Waals surface area contributed by atoms with Crippen molar-refractivity contribution in [1.29, 1.82) is 0 Å². The van der Waals surface area contributed by atoms with E-state index in [9.17, 15) is 9.90 Å². The van der Waals surface area contributed by atoms with Crippen molar-refractivity contribution in [2.75, 3.05) is 6.54 Å². The molecule has 1 saturated carbocycles. The summed E-state index contributed by atoms with van der Waals surface area (Å²) in [5, 5.41) is 12.9. The van der Waals surface area contributed by atoms with Gasteiger partial charge in [0.2, 0.25) is 5.91 Å². The average molecular weight is 227 g/mol. The zero-order chi connectivity index (χ0) is 11.9. The van der Waals surface area contributed by atoms with Crippen LogP contribution in [0.15, 0.2) is 0 Å². The Labute approximate surface area is 98.6 Å². The fourth-order valence-electron chi connectivity index (χ4n) is 2.35. The lowest BCUT2D eigenvalue weighted by Gasteiger charge is -2.21. The van der Waals surface area contributed by atoms with Gasteiger partial charge < -0.3 is 10.4 Å². The van der Waals surface area contributed by atoms with E-state index in [1.807, 2.05) is 0 Å². The van der Waals surface area contributed by atoms with Crippen LogP contribution in [0.25, 0.3) is 0 Å². The third kappa shape index (κ3) is 4.97. The average Bonchev–Trinajstić information content (AvgIpc) is 2.64. The molecule has 0 spiro atoms. The van der Waals surface area contributed by atoms with Crippen molar-refractivity contribution in [3.63, 3.8) is 0 Å². The van der Waals surface area contributed by atoms with Crippen molar-refractivity contribution < 1.29 is 9.90 Å². The van der Waals surface area contributed by atoms with Crippen molar-refractivity contribution in [3.05, 3.63) is 0 Å². The molecule has 0 saturated heterocycles. The number of unbranched alkanes of at least 4 members (excludes halogenated alkanes) is 3. The molecule has 0 unspecified atom stereocenters. The standard InChI is InChI=1S/C13H25NO2/c1-2-3-4-7-10-14-12(15)11-13(16)8-5-6-9-13/h16H,2-11H2,1H3,(H,14,15). The van der Waals surface area contributed by atoms with Gasteiger partial charge >= 0.3 is 0 Å². The first-order valence-corrected chi connectivity index (χ1v) is 6.65. The summed E-state index contributed by atoms with van der Waals surface area (Å²) < 4.78 is 0. The van der Waals surface area contributed by atoms with Gasteiger partial charge in [-0.25, -0.2) is 0 Å². The summed E-state index contributed by atoms with van der Waals surface area (Å²) in [6, 6.07) is 0. The first-order valence-electron chi connectivity index (χ1n) is 6.65. The zero-order valence-electron chi connectivity index (χ0n) is 10.4. The zero-order valence-corrected chi connectivity index (χ0v) is 10.4. The number of hydrogen-bond donors (Lipinski definition) is 2. The Hall–Kier alpha value is -0.570. The van der Waals surface area contributed by atoms with E-state index in [2.05, 4.69) is 12.2 Å². The topological polar surface area (TPSA) is 49.3 Å². The maximum absolute atomic E-state index is 11.6. The molecule has 0 aromatic rings. The Kier molecular flexibility index (Phi) is 5.81. The predicted molar refractivity (Wildman–Crippen MR) is 65.2 cm³/mol. The number of aliphatic hydroxyl groups is 1. The second kappa shape index (κ2) is 6.89. The van der Waals surface area contributed by atoms with Gasteiger partial charge in [-0.15, -0.1) is 0 Å². The highest BCUT2D eigenvalue weighted by Gasteiger charge is 2.33. The summed E-state index contributed by atoms with van der Waals surface area (Å²) in [4.78, 5) is 11.6. The number of carbonyl (C=O) groups excluding carboxylic acids is 1. The molecule has 0 bridgehead atoms. The minimum absolute atomic E-state index is 0.0147. The lowest BCUT2D eigenvalue weighted by atomic mass is 9.98. The molecule has 3 nitrogen and oxygen atoms in total. The molecule has 3 heteroatoms.